The Kier molecular flexibility index (Phi) is 7.86. The van der Waals surface area contributed by atoms with Crippen LogP contribution in [0.1, 0.15) is 5.56 Å². The smallest absolute Gasteiger partial charge is 0.319 e. The fourth-order valence-corrected chi connectivity index (χ4v) is 4.19. The highest BCUT2D eigenvalue weighted by molar-refractivity contribution is 7.18. The fraction of sp³-hybridized carbons (Fsp3) is 0.154. The Morgan fingerprint density at radius 1 is 0.944 bits per heavy atom. The second-order valence-electron chi connectivity index (χ2n) is 8.19. The first-order chi connectivity index (χ1) is 17.4. The number of rotatable bonds is 8. The van der Waals surface area contributed by atoms with Crippen LogP contribution in [0.3, 0.4) is 0 Å². The highest BCUT2D eigenvalue weighted by Gasteiger charge is 2.23. The maximum Gasteiger partial charge on any atom is 0.319 e. The number of anilines is 3. The Morgan fingerprint density at radius 2 is 1.69 bits per heavy atom. The van der Waals surface area contributed by atoms with Gasteiger partial charge in [-0.25, -0.2) is 9.18 Å². The largest absolute Gasteiger partial charge is 0.378 e. The molecule has 10 heteroatoms. The Balaban J connectivity index is 1.46. The molecular weight excluding hydrogens is 479 g/mol. The zero-order chi connectivity index (χ0) is 25.5. The molecule has 3 N–H and O–H groups in total. The number of carbonyl (C=O) groups is 2. The number of amides is 3. The maximum absolute atomic E-state index is 13.5. The van der Waals surface area contributed by atoms with Crippen LogP contribution >= 0.6 is 11.3 Å². The number of urea groups is 1. The van der Waals surface area contributed by atoms with Gasteiger partial charge < -0.3 is 15.5 Å². The zero-order valence-corrected chi connectivity index (χ0v) is 20.6. The van der Waals surface area contributed by atoms with Crippen LogP contribution in [0.15, 0.2) is 78.9 Å². The lowest BCUT2D eigenvalue weighted by molar-refractivity contribution is -0.117. The number of hydrogen-bond donors (Lipinski definition) is 3. The highest BCUT2D eigenvalue weighted by atomic mass is 32.1. The Hall–Kier alpha value is -4.31. The predicted molar refractivity (Wildman–Crippen MR) is 141 cm³/mol. The molecule has 1 heterocycles. The van der Waals surface area contributed by atoms with Crippen molar-refractivity contribution in [3.63, 3.8) is 0 Å². The van der Waals surface area contributed by atoms with Gasteiger partial charge in [-0.2, -0.15) is 0 Å². The van der Waals surface area contributed by atoms with Crippen molar-refractivity contribution < 1.29 is 14.0 Å². The molecule has 3 amide bonds. The Labute approximate surface area is 212 Å². The van der Waals surface area contributed by atoms with E-state index < -0.39 is 23.8 Å². The lowest BCUT2D eigenvalue weighted by Crippen LogP contribution is -2.46. The summed E-state index contributed by atoms with van der Waals surface area (Å²) < 4.78 is 13.5. The first-order valence-electron chi connectivity index (χ1n) is 11.2. The van der Waals surface area contributed by atoms with Crippen molar-refractivity contribution in [2.24, 2.45) is 0 Å². The van der Waals surface area contributed by atoms with E-state index in [0.717, 1.165) is 16.8 Å². The number of nitrogens with one attached hydrogen (secondary N) is 3. The number of benzene rings is 3. The van der Waals surface area contributed by atoms with E-state index in [-0.39, 0.29) is 12.1 Å². The van der Waals surface area contributed by atoms with Crippen LogP contribution in [0.4, 0.5) is 25.7 Å². The average molecular weight is 505 g/mol. The molecule has 0 aliphatic rings. The summed E-state index contributed by atoms with van der Waals surface area (Å²) in [6, 6.07) is 21.1. The molecule has 0 aliphatic heterocycles. The Bertz CT molecular complexity index is 1330. The third kappa shape index (κ3) is 6.63. The summed E-state index contributed by atoms with van der Waals surface area (Å²) in [6.07, 6.45) is 0.251. The topological polar surface area (TPSA) is 99.2 Å². The van der Waals surface area contributed by atoms with Crippen molar-refractivity contribution in [1.82, 2.24) is 15.5 Å². The van der Waals surface area contributed by atoms with Crippen LogP contribution < -0.4 is 20.9 Å². The normalized spacial score (nSPS) is 11.4. The van der Waals surface area contributed by atoms with Gasteiger partial charge in [-0.05, 0) is 48.0 Å². The van der Waals surface area contributed by atoms with Gasteiger partial charge in [0.25, 0.3) is 0 Å². The van der Waals surface area contributed by atoms with Crippen LogP contribution in [0.25, 0.3) is 10.6 Å². The number of hydrogen-bond acceptors (Lipinski definition) is 6. The molecule has 0 aliphatic carbocycles. The minimum absolute atomic E-state index is 0.251. The van der Waals surface area contributed by atoms with E-state index in [1.54, 1.807) is 6.07 Å². The first kappa shape index (κ1) is 24.8. The second-order valence-corrected chi connectivity index (χ2v) is 9.17. The number of halogens is 1. The van der Waals surface area contributed by atoms with E-state index in [0.29, 0.717) is 10.1 Å². The SMILES string of the molecule is CN(C)c1ccc(-c2nnc(NC(=O)C(Cc3ccccc3)NC(=O)Nc3cccc(F)c3)s2)cc1. The lowest BCUT2D eigenvalue weighted by atomic mass is 10.1. The summed E-state index contributed by atoms with van der Waals surface area (Å²) in [6.45, 7) is 0. The van der Waals surface area contributed by atoms with Crippen molar-refractivity contribution in [2.45, 2.75) is 12.5 Å². The van der Waals surface area contributed by atoms with E-state index in [2.05, 4.69) is 26.1 Å². The van der Waals surface area contributed by atoms with Crippen molar-refractivity contribution in [1.29, 1.82) is 0 Å². The standard InChI is InChI=1S/C26H25FN6O2S/c1-33(2)21-13-11-18(12-14-21)24-31-32-26(36-24)30-23(34)22(15-17-7-4-3-5-8-17)29-25(35)28-20-10-6-9-19(27)16-20/h3-14,16,22H,15H2,1-2H3,(H2,28,29,35)(H,30,32,34). The molecule has 1 aromatic heterocycles. The first-order valence-corrected chi connectivity index (χ1v) is 12.0. The summed E-state index contributed by atoms with van der Waals surface area (Å²) in [7, 11) is 3.93. The highest BCUT2D eigenvalue weighted by Crippen LogP contribution is 2.28. The monoisotopic (exact) mass is 504 g/mol. The molecule has 4 aromatic rings. The molecule has 4 rings (SSSR count). The van der Waals surface area contributed by atoms with E-state index in [1.807, 2.05) is 73.6 Å². The molecule has 1 unspecified atom stereocenters. The van der Waals surface area contributed by atoms with Gasteiger partial charge >= 0.3 is 6.03 Å². The van der Waals surface area contributed by atoms with Crippen molar-refractivity contribution in [3.8, 4) is 10.6 Å². The number of aromatic nitrogens is 2. The second kappa shape index (κ2) is 11.4. The summed E-state index contributed by atoms with van der Waals surface area (Å²) >= 11 is 1.24. The molecule has 0 spiro atoms. The molecule has 0 saturated heterocycles. The minimum Gasteiger partial charge on any atom is -0.378 e. The van der Waals surface area contributed by atoms with Crippen molar-refractivity contribution in [2.75, 3.05) is 29.6 Å². The summed E-state index contributed by atoms with van der Waals surface area (Å²) in [5, 5.41) is 17.2. The van der Waals surface area contributed by atoms with Crippen molar-refractivity contribution in [3.05, 3.63) is 90.2 Å². The van der Waals surface area contributed by atoms with E-state index in [4.69, 9.17) is 0 Å². The maximum atomic E-state index is 13.5. The van der Waals surface area contributed by atoms with E-state index >= 15 is 0 Å². The van der Waals surface area contributed by atoms with Gasteiger partial charge in [0.1, 0.15) is 16.9 Å². The molecule has 0 saturated carbocycles. The van der Waals surface area contributed by atoms with Crippen LogP contribution in [0, 0.1) is 5.82 Å². The number of nitrogens with zero attached hydrogens (tertiary/aromatic N) is 3. The quantitative estimate of drug-likeness (QED) is 0.321. The third-order valence-corrected chi connectivity index (χ3v) is 6.16. The van der Waals surface area contributed by atoms with Gasteiger partial charge in [0.15, 0.2) is 0 Å². The lowest BCUT2D eigenvalue weighted by Gasteiger charge is -2.18. The van der Waals surface area contributed by atoms with Gasteiger partial charge in [-0.1, -0.05) is 47.7 Å². The van der Waals surface area contributed by atoms with Crippen molar-refractivity contribution >= 4 is 39.8 Å². The summed E-state index contributed by atoms with van der Waals surface area (Å²) in [4.78, 5) is 27.7. The molecule has 0 radical (unpaired) electrons. The van der Waals surface area contributed by atoms with Crippen LogP contribution in [-0.4, -0.2) is 42.3 Å². The van der Waals surface area contributed by atoms with Gasteiger partial charge in [0, 0.05) is 37.5 Å². The van der Waals surface area contributed by atoms with Crippen LogP contribution in [-0.2, 0) is 11.2 Å². The number of carbonyl (C=O) groups excluding carboxylic acids is 2. The van der Waals surface area contributed by atoms with E-state index in [1.165, 1.54) is 29.5 Å². The summed E-state index contributed by atoms with van der Waals surface area (Å²) in [5.74, 6) is -0.922. The average Bonchev–Trinajstić information content (AvgIpc) is 3.32. The van der Waals surface area contributed by atoms with Gasteiger partial charge in [0.05, 0.1) is 0 Å². The van der Waals surface area contributed by atoms with Gasteiger partial charge in [0.2, 0.25) is 11.0 Å². The third-order valence-electron chi connectivity index (χ3n) is 5.27. The minimum atomic E-state index is -0.910. The van der Waals surface area contributed by atoms with Crippen LogP contribution in [0.5, 0.6) is 0 Å². The molecule has 36 heavy (non-hydrogen) atoms. The fourth-order valence-electron chi connectivity index (χ4n) is 3.44. The molecule has 184 valence electrons. The molecule has 0 bridgehead atoms. The molecule has 1 atom stereocenters. The van der Waals surface area contributed by atoms with Gasteiger partial charge in [-0.15, -0.1) is 10.2 Å². The zero-order valence-electron chi connectivity index (χ0n) is 19.7. The Morgan fingerprint density at radius 3 is 2.39 bits per heavy atom. The predicted octanol–water partition coefficient (Wildman–Crippen LogP) is 4.78. The molecule has 8 nitrogen and oxygen atoms in total. The van der Waals surface area contributed by atoms with E-state index in [9.17, 15) is 14.0 Å². The summed E-state index contributed by atoms with van der Waals surface area (Å²) in [5.41, 5.74) is 3.08. The van der Waals surface area contributed by atoms with Gasteiger partial charge in [-0.3, -0.25) is 10.1 Å². The molecule has 0 fully saturated rings. The molecular formula is C26H25FN6O2S. The van der Waals surface area contributed by atoms with Crippen LogP contribution in [0.2, 0.25) is 0 Å². The molecule has 3 aromatic carbocycles.